The Hall–Kier alpha value is -5.92. The van der Waals surface area contributed by atoms with Crippen LogP contribution in [0.5, 0.6) is 0 Å². The standard InChI is InChI=1S/C31H20N3O.C23H26GeN.Ir/c1-20-18-19-24-23-13-9-14-25(29(23)35-31(24)32-20)30-33-26-15-6-8-17-28(26)34(30)27-16-7-5-12-22(27)21-10-3-2-4-11-21;1-18(19-11-7-5-8-12-19)15-21-16-23(20-13-9-6-10-14-20)25-17-22(21)24(2,3)4;/h2-13,15-19H,1H3;5-13,16-18H,15H2,1-4H3;/q2*-1;/i;15D2;. The summed E-state index contributed by atoms with van der Waals surface area (Å²) in [5, 5.41) is 2.00. The first-order chi connectivity index (χ1) is 30.0. The number of para-hydroxylation sites is 3. The molecule has 4 heterocycles. The van der Waals surface area contributed by atoms with E-state index in [1.807, 2.05) is 123 Å². The van der Waals surface area contributed by atoms with Crippen molar-refractivity contribution in [2.75, 3.05) is 0 Å². The van der Waals surface area contributed by atoms with Crippen molar-refractivity contribution < 1.29 is 27.3 Å². The van der Waals surface area contributed by atoms with Crippen LogP contribution in [0.15, 0.2) is 174 Å². The fraction of sp³-hybridized carbons (Fsp3) is 0.130. The van der Waals surface area contributed by atoms with Gasteiger partial charge in [0.25, 0.3) is 0 Å². The van der Waals surface area contributed by atoms with Gasteiger partial charge in [0, 0.05) is 42.4 Å². The van der Waals surface area contributed by atoms with Crippen LogP contribution in [0.4, 0.5) is 0 Å². The number of aryl methyl sites for hydroxylation is 1. The van der Waals surface area contributed by atoms with Crippen molar-refractivity contribution in [1.82, 2.24) is 19.5 Å². The van der Waals surface area contributed by atoms with Gasteiger partial charge in [0.15, 0.2) is 0 Å². The third-order valence-electron chi connectivity index (χ3n) is 10.8. The van der Waals surface area contributed by atoms with Crippen molar-refractivity contribution in [3.63, 3.8) is 0 Å². The Bertz CT molecular complexity index is 3180. The van der Waals surface area contributed by atoms with E-state index in [1.54, 1.807) is 0 Å². The largest absolute Gasteiger partial charge is 0 e. The van der Waals surface area contributed by atoms with Gasteiger partial charge in [-0.1, -0.05) is 71.6 Å². The summed E-state index contributed by atoms with van der Waals surface area (Å²) in [5.74, 6) is 7.40. The molecule has 10 aromatic rings. The van der Waals surface area contributed by atoms with E-state index < -0.39 is 19.6 Å². The van der Waals surface area contributed by atoms with Crippen LogP contribution in [0.3, 0.4) is 0 Å². The Morgan fingerprint density at radius 2 is 1.46 bits per heavy atom. The molecule has 0 N–H and O–H groups in total. The van der Waals surface area contributed by atoms with Gasteiger partial charge in [-0.25, -0.2) is 4.98 Å². The van der Waals surface area contributed by atoms with Gasteiger partial charge in [-0.2, -0.15) is 0 Å². The van der Waals surface area contributed by atoms with Gasteiger partial charge < -0.3 is 8.98 Å². The number of fused-ring (bicyclic) bond motifs is 4. The Morgan fingerprint density at radius 1 is 0.738 bits per heavy atom. The van der Waals surface area contributed by atoms with E-state index in [0.29, 0.717) is 5.71 Å². The maximum Gasteiger partial charge on any atom is 0 e. The van der Waals surface area contributed by atoms with Crippen LogP contribution in [0.2, 0.25) is 17.3 Å². The van der Waals surface area contributed by atoms with Gasteiger partial charge in [0.2, 0.25) is 5.71 Å². The fourth-order valence-electron chi connectivity index (χ4n) is 7.78. The smallest absolute Gasteiger partial charge is 0 e. The van der Waals surface area contributed by atoms with Gasteiger partial charge in [-0.3, -0.25) is 4.98 Å². The number of imidazole rings is 1. The minimum absolute atomic E-state index is 0. The monoisotopic (exact) mass is 1040 g/mol. The van der Waals surface area contributed by atoms with E-state index in [1.165, 1.54) is 0 Å². The molecule has 6 aromatic carbocycles. The molecular weight excluding hydrogens is 985 g/mol. The van der Waals surface area contributed by atoms with Gasteiger partial charge in [0.1, 0.15) is 0 Å². The van der Waals surface area contributed by atoms with Crippen LogP contribution in [-0.4, -0.2) is 32.8 Å². The SMILES string of the molecule is Cc1ccc2c(n1)oc1c(-c3nc4ccccc4n3-c3ccccc3-c3ccccc3)[c-]ccc12.[2H]C([2H])(c1cc(-c2[c-]cccc2)nc[c]1[Ge]([CH3])([CH3])[CH3])C(C)c1ccccc1.[Ir]. The molecule has 0 fully saturated rings. The summed E-state index contributed by atoms with van der Waals surface area (Å²) in [7, 11) is 0. The van der Waals surface area contributed by atoms with Crippen molar-refractivity contribution in [2.45, 2.75) is 43.4 Å². The van der Waals surface area contributed by atoms with E-state index in [9.17, 15) is 0 Å². The Balaban J connectivity index is 0.000000177. The molecule has 0 aliphatic rings. The van der Waals surface area contributed by atoms with Gasteiger partial charge in [0.05, 0.1) is 22.4 Å². The predicted molar refractivity (Wildman–Crippen MR) is 251 cm³/mol. The zero-order valence-corrected chi connectivity index (χ0v) is 39.3. The molecule has 0 saturated carbocycles. The normalized spacial score (nSPS) is 12.6. The average molecular weight is 1030 g/mol. The third-order valence-corrected chi connectivity index (χ3v) is 15.0. The zero-order valence-electron chi connectivity index (χ0n) is 36.8. The zero-order chi connectivity index (χ0) is 43.0. The average Bonchev–Trinajstić information content (AvgIpc) is 3.87. The molecule has 7 heteroatoms. The predicted octanol–water partition coefficient (Wildman–Crippen LogP) is 13.2. The van der Waals surface area contributed by atoms with Gasteiger partial charge in [-0.05, 0) is 42.8 Å². The maximum absolute atomic E-state index is 9.05. The van der Waals surface area contributed by atoms with Crippen molar-refractivity contribution in [1.29, 1.82) is 0 Å². The van der Waals surface area contributed by atoms with Crippen molar-refractivity contribution >= 4 is 50.8 Å². The number of benzene rings is 6. The van der Waals surface area contributed by atoms with Gasteiger partial charge >= 0.3 is 157 Å². The number of rotatable bonds is 8. The molecule has 1 atom stereocenters. The Kier molecular flexibility index (Phi) is 11.6. The molecule has 1 unspecified atom stereocenters. The number of furan rings is 1. The molecule has 0 saturated heterocycles. The fourth-order valence-corrected chi connectivity index (χ4v) is 10.7. The summed E-state index contributed by atoms with van der Waals surface area (Å²) in [6.45, 7) is 3.95. The maximum atomic E-state index is 9.05. The second-order valence-corrected chi connectivity index (χ2v) is 26.6. The summed E-state index contributed by atoms with van der Waals surface area (Å²) in [5.41, 5.74) is 11.9. The molecule has 0 aliphatic heterocycles. The minimum atomic E-state index is -2.32. The first-order valence-corrected chi connectivity index (χ1v) is 27.7. The van der Waals surface area contributed by atoms with Crippen molar-refractivity contribution in [3.05, 3.63) is 199 Å². The minimum Gasteiger partial charge on any atom is 0 e. The molecule has 5 nitrogen and oxygen atoms in total. The van der Waals surface area contributed by atoms with Crippen LogP contribution < -0.4 is 4.40 Å². The molecule has 4 aromatic heterocycles. The topological polar surface area (TPSA) is 56.7 Å². The van der Waals surface area contributed by atoms with E-state index in [2.05, 4.69) is 105 Å². The molecule has 0 amide bonds. The molecule has 10 rings (SSSR count). The summed E-state index contributed by atoms with van der Waals surface area (Å²) in [6.07, 6.45) is 0.433. The van der Waals surface area contributed by atoms with Gasteiger partial charge in [-0.15, -0.1) is 18.2 Å². The number of aromatic nitrogens is 4. The molecular formula is C54H46GeIrN4O-2. The van der Waals surface area contributed by atoms with E-state index in [-0.39, 0.29) is 26.0 Å². The first-order valence-electron chi connectivity index (χ1n) is 21.4. The number of hydrogen-bond donors (Lipinski definition) is 0. The molecule has 1 radical (unpaired) electrons. The van der Waals surface area contributed by atoms with E-state index >= 15 is 0 Å². The summed E-state index contributed by atoms with van der Waals surface area (Å²) < 4.78 is 27.8. The molecule has 0 bridgehead atoms. The first kappa shape index (κ1) is 39.2. The Labute approximate surface area is 377 Å². The van der Waals surface area contributed by atoms with Crippen LogP contribution in [0, 0.1) is 19.1 Å². The molecule has 0 aliphatic carbocycles. The molecule has 303 valence electrons. The van der Waals surface area contributed by atoms with Crippen molar-refractivity contribution in [2.24, 2.45) is 0 Å². The number of hydrogen-bond acceptors (Lipinski definition) is 4. The van der Waals surface area contributed by atoms with Crippen LogP contribution in [-0.2, 0) is 26.5 Å². The summed E-state index contributed by atoms with van der Waals surface area (Å²) >= 11 is -2.32. The van der Waals surface area contributed by atoms with Crippen LogP contribution >= 0.6 is 0 Å². The second kappa shape index (κ2) is 18.0. The number of pyridine rings is 2. The Morgan fingerprint density at radius 3 is 2.23 bits per heavy atom. The molecule has 0 spiro atoms. The summed E-state index contributed by atoms with van der Waals surface area (Å²) in [4.78, 5) is 14.4. The molecule has 61 heavy (non-hydrogen) atoms. The van der Waals surface area contributed by atoms with Crippen molar-refractivity contribution in [3.8, 4) is 39.5 Å². The van der Waals surface area contributed by atoms with Crippen LogP contribution in [0.1, 0.15) is 32.4 Å². The van der Waals surface area contributed by atoms with Crippen LogP contribution in [0.25, 0.3) is 72.6 Å². The second-order valence-electron chi connectivity index (χ2n) is 16.1. The van der Waals surface area contributed by atoms with E-state index in [0.717, 1.165) is 88.1 Å². The third kappa shape index (κ3) is 8.67. The number of nitrogens with zero attached hydrogens (tertiary/aromatic N) is 4. The van der Waals surface area contributed by atoms with E-state index in [4.69, 9.17) is 12.1 Å². The quantitative estimate of drug-likeness (QED) is 0.112. The summed E-state index contributed by atoms with van der Waals surface area (Å²) in [6, 6.07) is 61.4.